The number of nitrogens with zero attached hydrogens (tertiary/aromatic N) is 2. The second kappa shape index (κ2) is 5.23. The first-order valence-corrected chi connectivity index (χ1v) is 6.29. The quantitative estimate of drug-likeness (QED) is 0.819. The Balaban J connectivity index is 2.61. The smallest absolute Gasteiger partial charge is 0.355 e. The number of esters is 1. The van der Waals surface area contributed by atoms with Crippen LogP contribution in [0.15, 0.2) is 28.7 Å². The summed E-state index contributed by atoms with van der Waals surface area (Å²) in [7, 11) is 0. The summed E-state index contributed by atoms with van der Waals surface area (Å²) < 4.78 is 7.59. The van der Waals surface area contributed by atoms with Gasteiger partial charge in [-0.05, 0) is 31.2 Å². The van der Waals surface area contributed by atoms with E-state index in [4.69, 9.17) is 10.00 Å². The fourth-order valence-corrected chi connectivity index (χ4v) is 2.24. The van der Waals surface area contributed by atoms with Crippen molar-refractivity contribution in [2.75, 3.05) is 6.61 Å². The number of fused-ring (bicyclic) bond motifs is 1. The third kappa shape index (κ3) is 2.24. The van der Waals surface area contributed by atoms with Crippen LogP contribution in [0.25, 0.3) is 10.9 Å². The SMILES string of the molecule is CCOC(=O)c1cc2cc(Br)ccc2n1CC#N. The molecule has 0 aliphatic heterocycles. The van der Waals surface area contributed by atoms with Gasteiger partial charge in [-0.3, -0.25) is 0 Å². The summed E-state index contributed by atoms with van der Waals surface area (Å²) in [6.07, 6.45) is 0. The number of ether oxygens (including phenoxy) is 1. The van der Waals surface area contributed by atoms with E-state index in [1.54, 1.807) is 17.6 Å². The predicted molar refractivity (Wildman–Crippen MR) is 71.2 cm³/mol. The molecule has 0 amide bonds. The molecule has 0 fully saturated rings. The van der Waals surface area contributed by atoms with Crippen molar-refractivity contribution in [1.82, 2.24) is 4.57 Å². The minimum absolute atomic E-state index is 0.124. The fourth-order valence-electron chi connectivity index (χ4n) is 1.86. The number of carbonyl (C=O) groups excluding carboxylic acids is 1. The molecule has 0 unspecified atom stereocenters. The Morgan fingerprint density at radius 3 is 2.94 bits per heavy atom. The lowest BCUT2D eigenvalue weighted by molar-refractivity contribution is 0.0515. The van der Waals surface area contributed by atoms with Crippen molar-refractivity contribution in [3.63, 3.8) is 0 Å². The maximum absolute atomic E-state index is 11.8. The second-order valence-corrected chi connectivity index (χ2v) is 4.61. The lowest BCUT2D eigenvalue weighted by Gasteiger charge is -2.05. The molecule has 2 rings (SSSR count). The van der Waals surface area contributed by atoms with Gasteiger partial charge in [-0.25, -0.2) is 4.79 Å². The van der Waals surface area contributed by atoms with Crippen LogP contribution in [0, 0.1) is 11.3 Å². The average molecular weight is 307 g/mol. The highest BCUT2D eigenvalue weighted by atomic mass is 79.9. The summed E-state index contributed by atoms with van der Waals surface area (Å²) in [5, 5.41) is 9.76. The molecule has 0 saturated heterocycles. The molecule has 1 heterocycles. The molecule has 5 heteroatoms. The first-order valence-electron chi connectivity index (χ1n) is 5.50. The molecule has 1 aromatic heterocycles. The van der Waals surface area contributed by atoms with Gasteiger partial charge in [0.05, 0.1) is 12.7 Å². The number of nitriles is 1. The molecular formula is C13H11BrN2O2. The highest BCUT2D eigenvalue weighted by Crippen LogP contribution is 2.24. The Kier molecular flexibility index (Phi) is 3.68. The van der Waals surface area contributed by atoms with Crippen molar-refractivity contribution in [3.8, 4) is 6.07 Å². The van der Waals surface area contributed by atoms with E-state index >= 15 is 0 Å². The lowest BCUT2D eigenvalue weighted by atomic mass is 10.2. The van der Waals surface area contributed by atoms with E-state index in [0.29, 0.717) is 12.3 Å². The number of aromatic nitrogens is 1. The summed E-state index contributed by atoms with van der Waals surface area (Å²) in [5.74, 6) is -0.403. The van der Waals surface area contributed by atoms with Gasteiger partial charge in [-0.1, -0.05) is 15.9 Å². The summed E-state index contributed by atoms with van der Waals surface area (Å²) in [6, 6.07) is 9.47. The lowest BCUT2D eigenvalue weighted by Crippen LogP contribution is -2.11. The summed E-state index contributed by atoms with van der Waals surface area (Å²) in [6.45, 7) is 2.20. The minimum atomic E-state index is -0.403. The molecule has 0 saturated carbocycles. The maximum atomic E-state index is 11.8. The topological polar surface area (TPSA) is 55.0 Å². The highest BCUT2D eigenvalue weighted by Gasteiger charge is 2.16. The predicted octanol–water partition coefficient (Wildman–Crippen LogP) is 3.10. The van der Waals surface area contributed by atoms with E-state index in [-0.39, 0.29) is 6.54 Å². The number of halogens is 1. The molecular weight excluding hydrogens is 296 g/mol. The first kappa shape index (κ1) is 12.7. The number of carbonyl (C=O) groups is 1. The van der Waals surface area contributed by atoms with Gasteiger partial charge in [0.25, 0.3) is 0 Å². The standard InChI is InChI=1S/C13H11BrN2O2/c1-2-18-13(17)12-8-9-7-10(14)3-4-11(9)16(12)6-5-15/h3-4,7-8H,2,6H2,1H3. The monoisotopic (exact) mass is 306 g/mol. The van der Waals surface area contributed by atoms with E-state index in [1.165, 1.54) is 0 Å². The van der Waals surface area contributed by atoms with Gasteiger partial charge in [0.2, 0.25) is 0 Å². The van der Waals surface area contributed by atoms with Crippen LogP contribution >= 0.6 is 15.9 Å². The van der Waals surface area contributed by atoms with Crippen LogP contribution in [0.2, 0.25) is 0 Å². The zero-order chi connectivity index (χ0) is 13.1. The zero-order valence-electron chi connectivity index (χ0n) is 9.81. The van der Waals surface area contributed by atoms with Gasteiger partial charge in [0.1, 0.15) is 12.2 Å². The Labute approximate surface area is 113 Å². The largest absolute Gasteiger partial charge is 0.461 e. The van der Waals surface area contributed by atoms with Crippen molar-refractivity contribution in [1.29, 1.82) is 5.26 Å². The van der Waals surface area contributed by atoms with Crippen LogP contribution in [-0.2, 0) is 11.3 Å². The molecule has 2 aromatic rings. The van der Waals surface area contributed by atoms with E-state index in [9.17, 15) is 4.79 Å². The Morgan fingerprint density at radius 2 is 2.28 bits per heavy atom. The number of benzene rings is 1. The van der Waals surface area contributed by atoms with E-state index in [0.717, 1.165) is 15.4 Å². The second-order valence-electron chi connectivity index (χ2n) is 3.70. The normalized spacial score (nSPS) is 10.3. The summed E-state index contributed by atoms with van der Waals surface area (Å²) in [4.78, 5) is 11.8. The molecule has 0 atom stereocenters. The van der Waals surface area contributed by atoms with Crippen molar-refractivity contribution < 1.29 is 9.53 Å². The van der Waals surface area contributed by atoms with Gasteiger partial charge >= 0.3 is 5.97 Å². The summed E-state index contributed by atoms with van der Waals surface area (Å²) >= 11 is 3.38. The Morgan fingerprint density at radius 1 is 1.50 bits per heavy atom. The number of hydrogen-bond donors (Lipinski definition) is 0. The van der Waals surface area contributed by atoms with E-state index in [2.05, 4.69) is 22.0 Å². The van der Waals surface area contributed by atoms with E-state index in [1.807, 2.05) is 18.2 Å². The molecule has 0 bridgehead atoms. The third-order valence-corrected chi connectivity index (χ3v) is 3.07. The highest BCUT2D eigenvalue weighted by molar-refractivity contribution is 9.10. The van der Waals surface area contributed by atoms with Crippen LogP contribution in [0.5, 0.6) is 0 Å². The number of rotatable bonds is 3. The van der Waals surface area contributed by atoms with Crippen molar-refractivity contribution in [2.24, 2.45) is 0 Å². The van der Waals surface area contributed by atoms with Gasteiger partial charge in [0, 0.05) is 15.4 Å². The Bertz CT molecular complexity index is 640. The molecule has 1 aromatic carbocycles. The van der Waals surface area contributed by atoms with Gasteiger partial charge in [-0.2, -0.15) is 5.26 Å². The van der Waals surface area contributed by atoms with Crippen LogP contribution in [0.4, 0.5) is 0 Å². The fraction of sp³-hybridized carbons (Fsp3) is 0.231. The van der Waals surface area contributed by atoms with Crippen LogP contribution in [0.1, 0.15) is 17.4 Å². The van der Waals surface area contributed by atoms with Gasteiger partial charge in [0.15, 0.2) is 0 Å². The van der Waals surface area contributed by atoms with Crippen molar-refractivity contribution in [3.05, 3.63) is 34.4 Å². The van der Waals surface area contributed by atoms with Gasteiger partial charge < -0.3 is 9.30 Å². The molecule has 0 aliphatic rings. The average Bonchev–Trinajstić information content (AvgIpc) is 2.68. The van der Waals surface area contributed by atoms with Gasteiger partial charge in [-0.15, -0.1) is 0 Å². The Hall–Kier alpha value is -1.80. The van der Waals surface area contributed by atoms with Crippen LogP contribution in [0.3, 0.4) is 0 Å². The first-order chi connectivity index (χ1) is 8.67. The minimum Gasteiger partial charge on any atom is -0.461 e. The molecule has 4 nitrogen and oxygen atoms in total. The van der Waals surface area contributed by atoms with E-state index < -0.39 is 5.97 Å². The molecule has 0 radical (unpaired) electrons. The number of hydrogen-bond acceptors (Lipinski definition) is 3. The third-order valence-electron chi connectivity index (χ3n) is 2.58. The molecule has 92 valence electrons. The molecule has 0 aliphatic carbocycles. The maximum Gasteiger partial charge on any atom is 0.355 e. The van der Waals surface area contributed by atoms with Crippen LogP contribution < -0.4 is 0 Å². The zero-order valence-corrected chi connectivity index (χ0v) is 11.4. The molecule has 0 N–H and O–H groups in total. The summed E-state index contributed by atoms with van der Waals surface area (Å²) in [5.41, 5.74) is 1.26. The van der Waals surface area contributed by atoms with Crippen LogP contribution in [-0.4, -0.2) is 17.1 Å². The van der Waals surface area contributed by atoms with Crippen molar-refractivity contribution >= 4 is 32.8 Å². The molecule has 0 spiro atoms. The van der Waals surface area contributed by atoms with Crippen molar-refractivity contribution in [2.45, 2.75) is 13.5 Å². The molecule has 18 heavy (non-hydrogen) atoms.